The fourth-order valence-electron chi connectivity index (χ4n) is 6.93. The van der Waals surface area contributed by atoms with E-state index in [1.165, 1.54) is 11.1 Å². The first kappa shape index (κ1) is 26.5. The quantitative estimate of drug-likeness (QED) is 0.202. The third-order valence-corrected chi connectivity index (χ3v) is 9.10. The number of rotatable bonds is 4. The number of nitrogens with zero attached hydrogens (tertiary/aromatic N) is 6. The molecule has 1 unspecified atom stereocenters. The predicted octanol–water partition coefficient (Wildman–Crippen LogP) is 9.90. The lowest BCUT2D eigenvalue weighted by atomic mass is 9.86. The van der Waals surface area contributed by atoms with Crippen LogP contribution in [0, 0.1) is 0 Å². The van der Waals surface area contributed by atoms with E-state index in [4.69, 9.17) is 19.9 Å². The molecular formula is C40H30N6. The molecule has 0 N–H and O–H groups in total. The summed E-state index contributed by atoms with van der Waals surface area (Å²) < 4.78 is 0. The molecule has 0 saturated carbocycles. The molecule has 0 spiro atoms. The van der Waals surface area contributed by atoms with Gasteiger partial charge in [-0.3, -0.25) is 9.80 Å². The third-order valence-electron chi connectivity index (χ3n) is 9.10. The van der Waals surface area contributed by atoms with Crippen LogP contribution in [0.3, 0.4) is 0 Å². The van der Waals surface area contributed by atoms with Crippen LogP contribution in [-0.4, -0.2) is 19.9 Å². The highest BCUT2D eigenvalue weighted by Crippen LogP contribution is 2.52. The monoisotopic (exact) mass is 594 g/mol. The van der Waals surface area contributed by atoms with Crippen LogP contribution in [0.15, 0.2) is 134 Å². The van der Waals surface area contributed by atoms with E-state index in [9.17, 15) is 0 Å². The molecule has 1 atom stereocenters. The summed E-state index contributed by atoms with van der Waals surface area (Å²) in [6, 6.07) is 31.8. The van der Waals surface area contributed by atoms with Crippen LogP contribution in [0.4, 0.5) is 34.6 Å². The van der Waals surface area contributed by atoms with Gasteiger partial charge in [0.05, 0.1) is 34.0 Å². The molecule has 0 bridgehead atoms. The van der Waals surface area contributed by atoms with E-state index >= 15 is 0 Å². The van der Waals surface area contributed by atoms with Crippen molar-refractivity contribution in [1.29, 1.82) is 0 Å². The van der Waals surface area contributed by atoms with Crippen LogP contribution in [-0.2, 0) is 6.42 Å². The Bertz CT molecular complexity index is 2180. The zero-order chi connectivity index (χ0) is 30.5. The number of benzene rings is 4. The summed E-state index contributed by atoms with van der Waals surface area (Å²) in [7, 11) is 0. The minimum absolute atomic E-state index is 0.344. The maximum absolute atomic E-state index is 5.21. The molecule has 0 fully saturated rings. The van der Waals surface area contributed by atoms with Gasteiger partial charge in [0.1, 0.15) is 0 Å². The average Bonchev–Trinajstić information content (AvgIpc) is 3.13. The Kier molecular flexibility index (Phi) is 6.30. The third kappa shape index (κ3) is 4.33. The standard InChI is InChI=1S/C40H30N6/c1-2-13-27(14-3-1)29-16-5-6-17-30(29)31-18-12-20-34-32(31)26-42-40(44-34)46-37-23-10-8-21-35(37)45(36-22-9-11-24-38(36)46)39-41-25-28-15-4-7-19-33(28)43-39/h1-6,8-13,15-18,20-27H,7,14,19H2. The van der Waals surface area contributed by atoms with Gasteiger partial charge in [0.15, 0.2) is 0 Å². The van der Waals surface area contributed by atoms with Gasteiger partial charge in [-0.25, -0.2) is 19.9 Å². The van der Waals surface area contributed by atoms with Gasteiger partial charge >= 0.3 is 0 Å². The summed E-state index contributed by atoms with van der Waals surface area (Å²) >= 11 is 0. The minimum atomic E-state index is 0.344. The summed E-state index contributed by atoms with van der Waals surface area (Å²) in [4.78, 5) is 24.5. The van der Waals surface area contributed by atoms with E-state index in [0.717, 1.165) is 69.7 Å². The molecule has 46 heavy (non-hydrogen) atoms. The van der Waals surface area contributed by atoms with Crippen LogP contribution in [0.25, 0.3) is 28.1 Å². The van der Waals surface area contributed by atoms with Gasteiger partial charge in [0.25, 0.3) is 0 Å². The summed E-state index contributed by atoms with van der Waals surface area (Å²) in [6.07, 6.45) is 19.9. The van der Waals surface area contributed by atoms with E-state index in [-0.39, 0.29) is 0 Å². The van der Waals surface area contributed by atoms with Gasteiger partial charge in [-0.1, -0.05) is 97.1 Å². The Hall–Kier alpha value is -5.88. The number of hydrogen-bond donors (Lipinski definition) is 0. The van der Waals surface area contributed by atoms with E-state index in [1.807, 2.05) is 12.4 Å². The smallest absolute Gasteiger partial charge is 0.235 e. The topological polar surface area (TPSA) is 58.0 Å². The second-order valence-electron chi connectivity index (χ2n) is 11.8. The highest BCUT2D eigenvalue weighted by Gasteiger charge is 2.33. The van der Waals surface area contributed by atoms with Crippen LogP contribution in [0.5, 0.6) is 0 Å². The molecule has 1 aliphatic heterocycles. The normalized spacial score (nSPS) is 16.3. The van der Waals surface area contributed by atoms with Gasteiger partial charge in [0, 0.05) is 29.3 Å². The zero-order valence-electron chi connectivity index (χ0n) is 25.2. The van der Waals surface area contributed by atoms with Crippen molar-refractivity contribution in [3.63, 3.8) is 0 Å². The Morgan fingerprint density at radius 1 is 0.609 bits per heavy atom. The summed E-state index contributed by atoms with van der Waals surface area (Å²) in [5.74, 6) is 1.63. The SMILES string of the molecule is C1=CCC(c2ccccc2-c2cccc3nc(N4c5ccccc5N(c5ncc6c(n5)CCC=C6)c5ccccc54)ncc23)C=C1. The van der Waals surface area contributed by atoms with Gasteiger partial charge < -0.3 is 0 Å². The largest absolute Gasteiger partial charge is 0.275 e. The second-order valence-corrected chi connectivity index (χ2v) is 11.8. The van der Waals surface area contributed by atoms with E-state index in [0.29, 0.717) is 17.8 Å². The van der Waals surface area contributed by atoms with E-state index < -0.39 is 0 Å². The fraction of sp³-hybridized carbons (Fsp3) is 0.100. The van der Waals surface area contributed by atoms with Crippen molar-refractivity contribution in [3.05, 3.63) is 151 Å². The van der Waals surface area contributed by atoms with Crippen LogP contribution in [0.2, 0.25) is 0 Å². The number of aromatic nitrogens is 4. The lowest BCUT2D eigenvalue weighted by Crippen LogP contribution is -2.26. The molecule has 6 aromatic rings. The second kappa shape index (κ2) is 10.9. The van der Waals surface area contributed by atoms with Crippen molar-refractivity contribution in [3.8, 4) is 11.1 Å². The van der Waals surface area contributed by atoms with Crippen molar-refractivity contribution in [2.24, 2.45) is 0 Å². The highest BCUT2D eigenvalue weighted by atomic mass is 15.4. The summed E-state index contributed by atoms with van der Waals surface area (Å²) in [5, 5.41) is 1.03. The fourth-order valence-corrected chi connectivity index (χ4v) is 6.93. The van der Waals surface area contributed by atoms with Crippen LogP contribution in [0.1, 0.15) is 35.6 Å². The lowest BCUT2D eigenvalue weighted by molar-refractivity contribution is 0.856. The number of allylic oxidation sites excluding steroid dienone is 5. The van der Waals surface area contributed by atoms with Crippen LogP contribution >= 0.6 is 0 Å². The first-order valence-corrected chi connectivity index (χ1v) is 15.8. The summed E-state index contributed by atoms with van der Waals surface area (Å²) in [6.45, 7) is 0. The van der Waals surface area contributed by atoms with Crippen molar-refractivity contribution < 1.29 is 0 Å². The molecule has 220 valence electrons. The van der Waals surface area contributed by atoms with Gasteiger partial charge in [0.2, 0.25) is 11.9 Å². The first-order valence-electron chi connectivity index (χ1n) is 15.8. The maximum atomic E-state index is 5.21. The number of anilines is 6. The lowest BCUT2D eigenvalue weighted by Gasteiger charge is -2.38. The number of aryl methyl sites for hydroxylation is 1. The molecule has 0 amide bonds. The van der Waals surface area contributed by atoms with Crippen molar-refractivity contribution in [1.82, 2.24) is 19.9 Å². The van der Waals surface area contributed by atoms with Crippen molar-refractivity contribution in [2.75, 3.05) is 9.80 Å². The molecule has 6 heteroatoms. The molecule has 6 nitrogen and oxygen atoms in total. The molecule has 3 heterocycles. The predicted molar refractivity (Wildman–Crippen MR) is 186 cm³/mol. The van der Waals surface area contributed by atoms with E-state index in [1.54, 1.807) is 0 Å². The highest BCUT2D eigenvalue weighted by molar-refractivity contribution is 6.01. The Morgan fingerprint density at radius 2 is 1.28 bits per heavy atom. The molecule has 3 aliphatic rings. The summed E-state index contributed by atoms with van der Waals surface area (Å²) in [5.41, 5.74) is 10.7. The number of para-hydroxylation sites is 4. The molecule has 2 aliphatic carbocycles. The molecule has 2 aromatic heterocycles. The van der Waals surface area contributed by atoms with Gasteiger partial charge in [-0.2, -0.15) is 0 Å². The zero-order valence-corrected chi connectivity index (χ0v) is 25.2. The first-order chi connectivity index (χ1) is 22.8. The average molecular weight is 595 g/mol. The molecule has 0 saturated heterocycles. The molecular weight excluding hydrogens is 564 g/mol. The number of hydrogen-bond acceptors (Lipinski definition) is 6. The maximum Gasteiger partial charge on any atom is 0.235 e. The van der Waals surface area contributed by atoms with Crippen molar-refractivity contribution in [2.45, 2.75) is 25.2 Å². The number of fused-ring (bicyclic) bond motifs is 4. The van der Waals surface area contributed by atoms with Gasteiger partial charge in [-0.05, 0) is 66.3 Å². The van der Waals surface area contributed by atoms with Crippen LogP contribution < -0.4 is 9.80 Å². The molecule has 9 rings (SSSR count). The van der Waals surface area contributed by atoms with E-state index in [2.05, 4.69) is 137 Å². The minimum Gasteiger partial charge on any atom is -0.275 e. The van der Waals surface area contributed by atoms with Crippen molar-refractivity contribution >= 4 is 51.6 Å². The Morgan fingerprint density at radius 3 is 2.02 bits per heavy atom. The molecule has 0 radical (unpaired) electrons. The Labute approximate surface area is 267 Å². The molecule has 4 aromatic carbocycles. The Balaban J connectivity index is 1.17. The van der Waals surface area contributed by atoms with Gasteiger partial charge in [-0.15, -0.1) is 0 Å².